The van der Waals surface area contributed by atoms with Crippen molar-refractivity contribution in [3.05, 3.63) is 0 Å². The molecule has 0 spiro atoms. The van der Waals surface area contributed by atoms with Crippen LogP contribution in [0.15, 0.2) is 0 Å². The van der Waals surface area contributed by atoms with Gasteiger partial charge in [-0.1, -0.05) is 0 Å². The van der Waals surface area contributed by atoms with Crippen molar-refractivity contribution >= 4 is 23.3 Å². The summed E-state index contributed by atoms with van der Waals surface area (Å²) in [6.07, 6.45) is 0. The van der Waals surface area contributed by atoms with Gasteiger partial charge in [-0.05, 0) is 0 Å². The molecule has 32 valence electrons. The van der Waals surface area contributed by atoms with E-state index in [2.05, 4.69) is 5.73 Å². The van der Waals surface area contributed by atoms with Crippen LogP contribution in [-0.4, -0.2) is 23.3 Å². The summed E-state index contributed by atoms with van der Waals surface area (Å²) >= 11 is 0. The first-order chi connectivity index (χ1) is 1.73. The monoisotopic (exact) mass is 97.1 g/mol. The molecule has 2 nitrogen and oxygen atoms in total. The summed E-state index contributed by atoms with van der Waals surface area (Å²) in [7, 11) is 0. The van der Waals surface area contributed by atoms with Crippen LogP contribution in [0.3, 0.4) is 0 Å². The van der Waals surface area contributed by atoms with Crippen LogP contribution in [-0.2, 0) is 4.79 Å². The third kappa shape index (κ3) is 166. The average molecular weight is 97.0 g/mol. The van der Waals surface area contributed by atoms with Gasteiger partial charge in [-0.15, -0.1) is 0 Å². The minimum Gasteiger partial charge on any atom is -1.00 e. The Morgan fingerprint density at radius 1 is 1.83 bits per heavy atom. The maximum atomic E-state index is 9.22. The van der Waals surface area contributed by atoms with Crippen molar-refractivity contribution < 1.29 is 25.1 Å². The van der Waals surface area contributed by atoms with E-state index in [1.165, 1.54) is 6.92 Å². The number of rotatable bonds is 0. The number of hydrogen-bond donors (Lipinski definition) is 1. The molecule has 0 atom stereocenters. The number of primary amides is 1. The predicted octanol–water partition coefficient (Wildman–Crippen LogP) is -4.58. The number of carbonyl (C=O) groups is 1. The first kappa shape index (κ1) is 16.0. The molecule has 0 saturated carbocycles. The van der Waals surface area contributed by atoms with Gasteiger partial charge in [-0.3, -0.25) is 4.79 Å². The molecule has 0 aromatic carbocycles. The van der Waals surface area contributed by atoms with Gasteiger partial charge in [0.05, 0.1) is 0 Å². The first-order valence-electron chi connectivity index (χ1n) is 0.993. The quantitative estimate of drug-likeness (QED) is 0.304. The third-order valence-electron chi connectivity index (χ3n) is 0. The van der Waals surface area contributed by atoms with Crippen LogP contribution in [0.2, 0.25) is 0 Å². The van der Waals surface area contributed by atoms with Crippen molar-refractivity contribution in [1.82, 2.24) is 0 Å². The molecule has 6 heavy (non-hydrogen) atoms. The van der Waals surface area contributed by atoms with E-state index in [1.54, 1.807) is 0 Å². The van der Waals surface area contributed by atoms with Gasteiger partial charge in [-0.25, -0.2) is 0 Å². The van der Waals surface area contributed by atoms with Crippen molar-refractivity contribution in [3.63, 3.8) is 0 Å². The van der Waals surface area contributed by atoms with Crippen molar-refractivity contribution in [2.45, 2.75) is 6.92 Å². The molecule has 0 bridgehead atoms. The Bertz CT molecular complexity index is 40.7. The fourth-order valence-electron chi connectivity index (χ4n) is 0. The molecule has 0 unspecified atom stereocenters. The van der Waals surface area contributed by atoms with Crippen molar-refractivity contribution in [1.29, 1.82) is 0 Å². The standard InChI is InChI=1S/C2H5NO.Al.Li.4H/c1-2(3)4;;;;;;/h1H3,(H2,3,4);;;;;;/q;;+1;;;;-1. The second kappa shape index (κ2) is 9.14. The van der Waals surface area contributed by atoms with Crippen LogP contribution >= 0.6 is 0 Å². The second-order valence-corrected chi connectivity index (χ2v) is 0.611. The third-order valence-corrected chi connectivity index (χ3v) is 0. The Labute approximate surface area is 61.3 Å². The normalized spacial score (nSPS) is 4.17. The van der Waals surface area contributed by atoms with E-state index in [0.717, 1.165) is 0 Å². The molecule has 0 aromatic rings. The van der Waals surface area contributed by atoms with Crippen LogP contribution in [0.4, 0.5) is 0 Å². The second-order valence-electron chi connectivity index (χ2n) is 0.611. The van der Waals surface area contributed by atoms with Crippen LogP contribution in [0.1, 0.15) is 8.35 Å². The predicted molar refractivity (Wildman–Crippen MR) is 25.9 cm³/mol. The number of amides is 1. The van der Waals surface area contributed by atoms with Crippen LogP contribution in [0.5, 0.6) is 0 Å². The minimum atomic E-state index is -0.333. The number of hydrogen-bond acceptors (Lipinski definition) is 1. The minimum absolute atomic E-state index is 0. The van der Waals surface area contributed by atoms with E-state index in [4.69, 9.17) is 0 Å². The van der Waals surface area contributed by atoms with E-state index in [-0.39, 0.29) is 43.6 Å². The summed E-state index contributed by atoms with van der Waals surface area (Å²) < 4.78 is 0. The molecular weight excluding hydrogens is 88.0 g/mol. The van der Waals surface area contributed by atoms with E-state index in [1.807, 2.05) is 0 Å². The van der Waals surface area contributed by atoms with Gasteiger partial charge in [0.2, 0.25) is 5.91 Å². The molecule has 0 saturated heterocycles. The van der Waals surface area contributed by atoms with Gasteiger partial charge >= 0.3 is 18.9 Å². The summed E-state index contributed by atoms with van der Waals surface area (Å²) in [6, 6.07) is 0. The number of carbonyl (C=O) groups excluding carboxylic acids is 1. The molecule has 4 heteroatoms. The van der Waals surface area contributed by atoms with Gasteiger partial charge in [0.25, 0.3) is 0 Å². The molecule has 0 rings (SSSR count). The molecule has 0 aromatic heterocycles. The SMILES string of the molecule is CC(N)=O.[AlH3].[H-].[Li+]. The Morgan fingerprint density at radius 2 is 1.83 bits per heavy atom. The van der Waals surface area contributed by atoms with Gasteiger partial charge in [0.15, 0.2) is 17.4 Å². The van der Waals surface area contributed by atoms with E-state index in [0.29, 0.717) is 0 Å². The molecule has 0 aliphatic rings. The van der Waals surface area contributed by atoms with Gasteiger partial charge in [0, 0.05) is 6.92 Å². The summed E-state index contributed by atoms with van der Waals surface area (Å²) in [6.45, 7) is 1.31. The summed E-state index contributed by atoms with van der Waals surface area (Å²) in [5.41, 5.74) is 4.47. The van der Waals surface area contributed by atoms with Crippen LogP contribution < -0.4 is 24.6 Å². The molecule has 1 amide bonds. The fourth-order valence-corrected chi connectivity index (χ4v) is 0. The number of nitrogens with two attached hydrogens (primary N) is 1. The van der Waals surface area contributed by atoms with E-state index < -0.39 is 0 Å². The van der Waals surface area contributed by atoms with Crippen molar-refractivity contribution in [2.75, 3.05) is 0 Å². The Kier molecular flexibility index (Phi) is 24.3. The van der Waals surface area contributed by atoms with E-state index >= 15 is 0 Å². The van der Waals surface area contributed by atoms with Gasteiger partial charge in [-0.2, -0.15) is 0 Å². The summed E-state index contributed by atoms with van der Waals surface area (Å²) in [5, 5.41) is 0. The van der Waals surface area contributed by atoms with Crippen LogP contribution in [0.25, 0.3) is 0 Å². The Hall–Kier alpha value is 0.600. The Balaban J connectivity index is -0.0000000150. The molecule has 0 aliphatic carbocycles. The topological polar surface area (TPSA) is 43.1 Å². The molecule has 0 aliphatic heterocycles. The average Bonchev–Trinajstić information content (AvgIpc) is 0.811. The van der Waals surface area contributed by atoms with Crippen molar-refractivity contribution in [2.24, 2.45) is 5.73 Å². The Morgan fingerprint density at radius 3 is 1.83 bits per heavy atom. The largest absolute Gasteiger partial charge is 1.00 e. The summed E-state index contributed by atoms with van der Waals surface area (Å²) in [5.74, 6) is -0.333. The molecule has 0 fully saturated rings. The molecule has 2 N–H and O–H groups in total. The zero-order valence-electron chi connectivity index (χ0n) is 4.49. The maximum Gasteiger partial charge on any atom is 1.00 e. The smallest absolute Gasteiger partial charge is 1.00 e. The summed E-state index contributed by atoms with van der Waals surface area (Å²) in [4.78, 5) is 9.22. The van der Waals surface area contributed by atoms with E-state index in [9.17, 15) is 4.79 Å². The molecule has 0 heterocycles. The van der Waals surface area contributed by atoms with Gasteiger partial charge < -0.3 is 7.16 Å². The maximum absolute atomic E-state index is 9.22. The molecule has 0 radical (unpaired) electrons. The van der Waals surface area contributed by atoms with Crippen molar-refractivity contribution in [3.8, 4) is 0 Å². The first-order valence-corrected chi connectivity index (χ1v) is 0.993. The van der Waals surface area contributed by atoms with Gasteiger partial charge in [0.1, 0.15) is 0 Å². The zero-order chi connectivity index (χ0) is 3.58. The zero-order valence-corrected chi connectivity index (χ0v) is 3.49. The molecular formula is C2H9AlLiNO. The van der Waals surface area contributed by atoms with Crippen LogP contribution in [0, 0.1) is 0 Å². The fraction of sp³-hybridized carbons (Fsp3) is 0.500.